The lowest BCUT2D eigenvalue weighted by Crippen LogP contribution is -2.11. The molecule has 106 valence electrons. The second kappa shape index (κ2) is 5.31. The molecule has 0 bridgehead atoms. The van der Waals surface area contributed by atoms with Crippen LogP contribution in [-0.2, 0) is 15.9 Å². The average molecular weight is 280 g/mol. The third-order valence-electron chi connectivity index (χ3n) is 3.80. The van der Waals surface area contributed by atoms with Gasteiger partial charge in [0.1, 0.15) is 0 Å². The Labute approximate surface area is 122 Å². The zero-order valence-electron chi connectivity index (χ0n) is 11.6. The highest BCUT2D eigenvalue weighted by atomic mass is 16.7. The Kier molecular flexibility index (Phi) is 3.18. The Morgan fingerprint density at radius 3 is 2.67 bits per heavy atom. The highest BCUT2D eigenvalue weighted by Gasteiger charge is 2.22. The molecule has 0 unspecified atom stereocenters. The molecule has 3 aromatic rings. The van der Waals surface area contributed by atoms with E-state index in [1.165, 1.54) is 10.9 Å². The normalized spacial score (nSPS) is 15.8. The standard InChI is InChI=1S/C17H16N2O2/c1-2-6-14-12(5-1)13(11-16-20-9-10-21-16)17(19-14)15-7-3-4-8-18-15/h1-8,16,19H,9-11H2. The van der Waals surface area contributed by atoms with Crippen LogP contribution in [0.15, 0.2) is 48.7 Å². The molecule has 1 aliphatic heterocycles. The quantitative estimate of drug-likeness (QED) is 0.801. The van der Waals surface area contributed by atoms with Crippen molar-refractivity contribution >= 4 is 10.9 Å². The predicted molar refractivity (Wildman–Crippen MR) is 80.9 cm³/mol. The van der Waals surface area contributed by atoms with Crippen LogP contribution in [0.1, 0.15) is 5.56 Å². The number of rotatable bonds is 3. The van der Waals surface area contributed by atoms with Crippen LogP contribution in [0, 0.1) is 0 Å². The molecule has 0 amide bonds. The molecule has 0 radical (unpaired) electrons. The molecule has 1 aromatic carbocycles. The Bertz CT molecular complexity index is 746. The van der Waals surface area contributed by atoms with Crippen LogP contribution in [-0.4, -0.2) is 29.5 Å². The Hall–Kier alpha value is -2.17. The number of aromatic amines is 1. The summed E-state index contributed by atoms with van der Waals surface area (Å²) in [4.78, 5) is 7.95. The summed E-state index contributed by atoms with van der Waals surface area (Å²) < 4.78 is 11.2. The predicted octanol–water partition coefficient (Wildman–Crippen LogP) is 3.15. The topological polar surface area (TPSA) is 47.1 Å². The number of H-pyrrole nitrogens is 1. The first-order valence-electron chi connectivity index (χ1n) is 7.16. The number of ether oxygens (including phenoxy) is 2. The largest absolute Gasteiger partial charge is 0.353 e. The van der Waals surface area contributed by atoms with Crippen LogP contribution in [0.2, 0.25) is 0 Å². The van der Waals surface area contributed by atoms with E-state index in [0.717, 1.165) is 23.3 Å². The fraction of sp³-hybridized carbons (Fsp3) is 0.235. The van der Waals surface area contributed by atoms with Crippen molar-refractivity contribution in [1.29, 1.82) is 0 Å². The molecule has 4 rings (SSSR count). The lowest BCUT2D eigenvalue weighted by atomic mass is 10.1. The van der Waals surface area contributed by atoms with Gasteiger partial charge in [-0.05, 0) is 23.8 Å². The van der Waals surface area contributed by atoms with Gasteiger partial charge in [-0.3, -0.25) is 4.98 Å². The molecule has 0 spiro atoms. The van der Waals surface area contributed by atoms with Gasteiger partial charge in [-0.25, -0.2) is 0 Å². The molecule has 21 heavy (non-hydrogen) atoms. The second-order valence-corrected chi connectivity index (χ2v) is 5.11. The van der Waals surface area contributed by atoms with Gasteiger partial charge in [0, 0.05) is 23.5 Å². The van der Waals surface area contributed by atoms with Crippen LogP contribution < -0.4 is 0 Å². The molecule has 1 N–H and O–H groups in total. The third kappa shape index (κ3) is 2.33. The summed E-state index contributed by atoms with van der Waals surface area (Å²) in [5.41, 5.74) is 4.32. The minimum absolute atomic E-state index is 0.160. The van der Waals surface area contributed by atoms with Gasteiger partial charge in [-0.1, -0.05) is 24.3 Å². The van der Waals surface area contributed by atoms with Crippen LogP contribution in [0.3, 0.4) is 0 Å². The number of hydrogen-bond acceptors (Lipinski definition) is 3. The fourth-order valence-corrected chi connectivity index (χ4v) is 2.83. The summed E-state index contributed by atoms with van der Waals surface area (Å²) in [6, 6.07) is 14.2. The van der Waals surface area contributed by atoms with Gasteiger partial charge < -0.3 is 14.5 Å². The van der Waals surface area contributed by atoms with E-state index in [1.807, 2.05) is 30.5 Å². The molecule has 4 nitrogen and oxygen atoms in total. The number of nitrogens with zero attached hydrogens (tertiary/aromatic N) is 1. The van der Waals surface area contributed by atoms with Crippen molar-refractivity contribution < 1.29 is 9.47 Å². The van der Waals surface area contributed by atoms with Gasteiger partial charge in [-0.15, -0.1) is 0 Å². The summed E-state index contributed by atoms with van der Waals surface area (Å²) in [5.74, 6) is 0. The summed E-state index contributed by atoms with van der Waals surface area (Å²) in [7, 11) is 0. The van der Waals surface area contributed by atoms with Crippen molar-refractivity contribution in [2.45, 2.75) is 12.7 Å². The van der Waals surface area contributed by atoms with E-state index in [-0.39, 0.29) is 6.29 Å². The molecule has 1 fully saturated rings. The summed E-state index contributed by atoms with van der Waals surface area (Å²) in [6.45, 7) is 1.35. The molecule has 0 atom stereocenters. The Morgan fingerprint density at radius 2 is 1.86 bits per heavy atom. The van der Waals surface area contributed by atoms with E-state index in [9.17, 15) is 0 Å². The van der Waals surface area contributed by atoms with Crippen molar-refractivity contribution in [1.82, 2.24) is 9.97 Å². The Morgan fingerprint density at radius 1 is 1.05 bits per heavy atom. The minimum Gasteiger partial charge on any atom is -0.353 e. The molecular weight excluding hydrogens is 264 g/mol. The van der Waals surface area contributed by atoms with E-state index in [1.54, 1.807) is 0 Å². The number of para-hydroxylation sites is 1. The molecule has 4 heteroatoms. The van der Waals surface area contributed by atoms with Crippen molar-refractivity contribution in [2.75, 3.05) is 13.2 Å². The monoisotopic (exact) mass is 280 g/mol. The van der Waals surface area contributed by atoms with E-state index in [0.29, 0.717) is 13.2 Å². The smallest absolute Gasteiger partial charge is 0.161 e. The number of aromatic nitrogens is 2. The fourth-order valence-electron chi connectivity index (χ4n) is 2.83. The first kappa shape index (κ1) is 12.6. The van der Waals surface area contributed by atoms with E-state index in [4.69, 9.17) is 9.47 Å². The molecular formula is C17H16N2O2. The Balaban J connectivity index is 1.84. The van der Waals surface area contributed by atoms with E-state index >= 15 is 0 Å². The van der Waals surface area contributed by atoms with Crippen LogP contribution in [0.4, 0.5) is 0 Å². The summed E-state index contributed by atoms with van der Waals surface area (Å²) >= 11 is 0. The molecule has 0 saturated carbocycles. The van der Waals surface area contributed by atoms with Gasteiger partial charge in [-0.2, -0.15) is 0 Å². The third-order valence-corrected chi connectivity index (χ3v) is 3.80. The second-order valence-electron chi connectivity index (χ2n) is 5.11. The summed E-state index contributed by atoms with van der Waals surface area (Å²) in [5, 5.41) is 1.21. The number of benzene rings is 1. The molecule has 0 aliphatic carbocycles. The number of fused-ring (bicyclic) bond motifs is 1. The highest BCUT2D eigenvalue weighted by Crippen LogP contribution is 2.31. The maximum atomic E-state index is 5.61. The zero-order chi connectivity index (χ0) is 14.1. The molecule has 2 aromatic heterocycles. The molecule has 3 heterocycles. The number of nitrogens with one attached hydrogen (secondary N) is 1. The van der Waals surface area contributed by atoms with Gasteiger partial charge in [0.05, 0.1) is 24.6 Å². The van der Waals surface area contributed by atoms with Gasteiger partial charge in [0.25, 0.3) is 0 Å². The van der Waals surface area contributed by atoms with Crippen molar-refractivity contribution in [2.24, 2.45) is 0 Å². The first-order chi connectivity index (χ1) is 10.4. The SMILES string of the molecule is c1ccc(-c2[nH]c3ccccc3c2CC2OCCO2)nc1. The minimum atomic E-state index is -0.160. The van der Waals surface area contributed by atoms with Gasteiger partial charge in [0.15, 0.2) is 6.29 Å². The summed E-state index contributed by atoms with van der Waals surface area (Å²) in [6.07, 6.45) is 2.38. The molecule has 1 aliphatic rings. The maximum absolute atomic E-state index is 5.61. The average Bonchev–Trinajstić information content (AvgIpc) is 3.17. The maximum Gasteiger partial charge on any atom is 0.161 e. The first-order valence-corrected chi connectivity index (χ1v) is 7.16. The lowest BCUT2D eigenvalue weighted by Gasteiger charge is -2.10. The highest BCUT2D eigenvalue weighted by molar-refractivity contribution is 5.90. The van der Waals surface area contributed by atoms with Crippen LogP contribution >= 0.6 is 0 Å². The van der Waals surface area contributed by atoms with Gasteiger partial charge in [0.2, 0.25) is 0 Å². The number of hydrogen-bond donors (Lipinski definition) is 1. The van der Waals surface area contributed by atoms with Gasteiger partial charge >= 0.3 is 0 Å². The lowest BCUT2D eigenvalue weighted by molar-refractivity contribution is -0.0397. The van der Waals surface area contributed by atoms with E-state index in [2.05, 4.69) is 28.2 Å². The zero-order valence-corrected chi connectivity index (χ0v) is 11.6. The van der Waals surface area contributed by atoms with Crippen molar-refractivity contribution in [3.05, 3.63) is 54.2 Å². The van der Waals surface area contributed by atoms with E-state index < -0.39 is 0 Å². The molecule has 1 saturated heterocycles. The number of pyridine rings is 1. The van der Waals surface area contributed by atoms with Crippen molar-refractivity contribution in [3.63, 3.8) is 0 Å². The van der Waals surface area contributed by atoms with Crippen LogP contribution in [0.25, 0.3) is 22.3 Å². The van der Waals surface area contributed by atoms with Crippen molar-refractivity contribution in [3.8, 4) is 11.4 Å². The van der Waals surface area contributed by atoms with Crippen LogP contribution in [0.5, 0.6) is 0 Å².